The molecule has 2 aromatic carbocycles. The summed E-state index contributed by atoms with van der Waals surface area (Å²) in [6, 6.07) is 10.6. The molecule has 3 rings (SSSR count). The van der Waals surface area contributed by atoms with Crippen molar-refractivity contribution in [2.45, 2.75) is 17.0 Å². The van der Waals surface area contributed by atoms with E-state index in [0.717, 1.165) is 0 Å². The Morgan fingerprint density at radius 2 is 1.63 bits per heavy atom. The Morgan fingerprint density at radius 3 is 2.22 bits per heavy atom. The highest BCUT2D eigenvalue weighted by Crippen LogP contribution is 2.28. The molecule has 3 N–H and O–H groups in total. The van der Waals surface area contributed by atoms with E-state index in [2.05, 4.69) is 41.9 Å². The highest BCUT2D eigenvalue weighted by molar-refractivity contribution is 9.11. The average molecular weight is 540 g/mol. The lowest BCUT2D eigenvalue weighted by atomic mass is 10.2. The summed E-state index contributed by atoms with van der Waals surface area (Å²) in [5.41, 5.74) is 0.940. The zero-order chi connectivity index (χ0) is 19.8. The van der Waals surface area contributed by atoms with Gasteiger partial charge in [0.2, 0.25) is 0 Å². The third kappa shape index (κ3) is 5.02. The fraction of sp³-hybridized carbons (Fsp3) is 0.250. The van der Waals surface area contributed by atoms with Crippen LogP contribution in [-0.2, 0) is 19.9 Å². The molecule has 0 radical (unpaired) electrons. The first-order valence-corrected chi connectivity index (χ1v) is 12.7. The number of anilines is 2. The van der Waals surface area contributed by atoms with Crippen LogP contribution in [0.3, 0.4) is 0 Å². The number of sulfone groups is 1. The van der Waals surface area contributed by atoms with E-state index in [9.17, 15) is 21.9 Å². The third-order valence-electron chi connectivity index (χ3n) is 3.99. The molecule has 0 bridgehead atoms. The maximum absolute atomic E-state index is 12.6. The fourth-order valence-corrected chi connectivity index (χ4v) is 7.01. The quantitative estimate of drug-likeness (QED) is 0.538. The number of aliphatic hydroxyl groups excluding tert-OH is 1. The number of rotatable bonds is 5. The number of sulfonamides is 1. The summed E-state index contributed by atoms with van der Waals surface area (Å²) < 4.78 is 51.8. The van der Waals surface area contributed by atoms with Crippen LogP contribution >= 0.6 is 31.9 Å². The summed E-state index contributed by atoms with van der Waals surface area (Å²) in [6.45, 7) is 0. The second-order valence-electron chi connectivity index (χ2n) is 6.15. The molecule has 0 saturated carbocycles. The average Bonchev–Trinajstić information content (AvgIpc) is 2.83. The lowest BCUT2D eigenvalue weighted by molar-refractivity contribution is 0.190. The molecule has 0 unspecified atom stereocenters. The third-order valence-corrected chi connectivity index (χ3v) is 8.58. The molecule has 2 atom stereocenters. The number of aliphatic hydroxyl groups is 1. The maximum atomic E-state index is 12.6. The van der Waals surface area contributed by atoms with Crippen LogP contribution in [-0.4, -0.2) is 45.6 Å². The summed E-state index contributed by atoms with van der Waals surface area (Å²) in [4.78, 5) is 0.0957. The number of nitrogens with one attached hydrogen (secondary N) is 2. The molecule has 27 heavy (non-hydrogen) atoms. The standard InChI is InChI=1S/C16H16Br2N2O5S2/c17-10-1-6-13(18)16(7-10)27(24,25)20-12-4-2-11(3-5-12)19-14-8-26(22,23)9-15(14)21/h1-7,14-15,19-21H,8-9H2/t14-,15-/m0/s1. The van der Waals surface area contributed by atoms with Gasteiger partial charge in [-0.15, -0.1) is 0 Å². The lowest BCUT2D eigenvalue weighted by Crippen LogP contribution is -2.31. The Balaban J connectivity index is 1.73. The lowest BCUT2D eigenvalue weighted by Gasteiger charge is -2.17. The van der Waals surface area contributed by atoms with E-state index in [1.165, 1.54) is 6.07 Å². The molecule has 7 nitrogen and oxygen atoms in total. The van der Waals surface area contributed by atoms with E-state index < -0.39 is 32.0 Å². The summed E-state index contributed by atoms with van der Waals surface area (Å²) in [5.74, 6) is -0.399. The van der Waals surface area contributed by atoms with E-state index in [4.69, 9.17) is 0 Å². The Bertz CT molecular complexity index is 1060. The highest BCUT2D eigenvalue weighted by atomic mass is 79.9. The molecule has 146 valence electrons. The molecule has 2 aromatic rings. The molecular weight excluding hydrogens is 524 g/mol. The second kappa shape index (κ2) is 7.70. The molecule has 1 fully saturated rings. The number of halogens is 2. The van der Waals surface area contributed by atoms with Gasteiger partial charge in [-0.05, 0) is 58.4 Å². The largest absolute Gasteiger partial charge is 0.390 e. The first-order chi connectivity index (χ1) is 12.6. The van der Waals surface area contributed by atoms with Gasteiger partial charge in [-0.1, -0.05) is 15.9 Å². The van der Waals surface area contributed by atoms with Crippen molar-refractivity contribution in [3.05, 3.63) is 51.4 Å². The minimum Gasteiger partial charge on any atom is -0.390 e. The predicted octanol–water partition coefficient (Wildman–Crippen LogP) is 2.58. The molecule has 0 amide bonds. The molecule has 0 aromatic heterocycles. The topological polar surface area (TPSA) is 113 Å². The van der Waals surface area contributed by atoms with Crippen LogP contribution < -0.4 is 10.0 Å². The maximum Gasteiger partial charge on any atom is 0.263 e. The van der Waals surface area contributed by atoms with Gasteiger partial charge in [0, 0.05) is 20.3 Å². The van der Waals surface area contributed by atoms with E-state index in [-0.39, 0.29) is 16.4 Å². The van der Waals surface area contributed by atoms with Gasteiger partial charge >= 0.3 is 0 Å². The van der Waals surface area contributed by atoms with E-state index in [1.54, 1.807) is 36.4 Å². The highest BCUT2D eigenvalue weighted by Gasteiger charge is 2.36. The Labute approximate surface area is 174 Å². The normalized spacial score (nSPS) is 21.7. The van der Waals surface area contributed by atoms with Gasteiger partial charge in [0.1, 0.15) is 4.90 Å². The van der Waals surface area contributed by atoms with Crippen molar-refractivity contribution in [1.82, 2.24) is 0 Å². The summed E-state index contributed by atoms with van der Waals surface area (Å²) >= 11 is 6.49. The molecule has 1 heterocycles. The van der Waals surface area contributed by atoms with Crippen molar-refractivity contribution in [2.24, 2.45) is 0 Å². The zero-order valence-corrected chi connectivity index (χ0v) is 18.6. The minimum atomic E-state index is -3.79. The van der Waals surface area contributed by atoms with Crippen molar-refractivity contribution in [3.63, 3.8) is 0 Å². The molecule has 0 aliphatic carbocycles. The number of benzene rings is 2. The van der Waals surface area contributed by atoms with Gasteiger partial charge in [-0.2, -0.15) is 0 Å². The van der Waals surface area contributed by atoms with Gasteiger partial charge < -0.3 is 10.4 Å². The van der Waals surface area contributed by atoms with E-state index in [1.807, 2.05) is 0 Å². The van der Waals surface area contributed by atoms with E-state index >= 15 is 0 Å². The molecule has 0 spiro atoms. The zero-order valence-electron chi connectivity index (χ0n) is 13.8. The van der Waals surface area contributed by atoms with Crippen LogP contribution in [0.2, 0.25) is 0 Å². The SMILES string of the molecule is O=S1(=O)C[C@H](Nc2ccc(NS(=O)(=O)c3cc(Br)ccc3Br)cc2)[C@@H](O)C1. The first-order valence-electron chi connectivity index (χ1n) is 7.79. The number of hydrogen-bond donors (Lipinski definition) is 3. The van der Waals surface area contributed by atoms with Gasteiger partial charge in [-0.25, -0.2) is 16.8 Å². The predicted molar refractivity (Wildman–Crippen MR) is 111 cm³/mol. The van der Waals surface area contributed by atoms with Crippen LogP contribution in [0.4, 0.5) is 11.4 Å². The summed E-state index contributed by atoms with van der Waals surface area (Å²) in [5, 5.41) is 12.8. The van der Waals surface area contributed by atoms with Crippen LogP contribution in [0.15, 0.2) is 56.3 Å². The molecule has 1 saturated heterocycles. The van der Waals surface area contributed by atoms with Crippen LogP contribution in [0.5, 0.6) is 0 Å². The second-order valence-corrected chi connectivity index (χ2v) is 11.7. The van der Waals surface area contributed by atoms with Crippen molar-refractivity contribution in [2.75, 3.05) is 21.5 Å². The van der Waals surface area contributed by atoms with Crippen molar-refractivity contribution < 1.29 is 21.9 Å². The molecular formula is C16H16Br2N2O5S2. The van der Waals surface area contributed by atoms with Gasteiger partial charge in [0.15, 0.2) is 9.84 Å². The van der Waals surface area contributed by atoms with Crippen LogP contribution in [0, 0.1) is 0 Å². The van der Waals surface area contributed by atoms with Crippen LogP contribution in [0.25, 0.3) is 0 Å². The first kappa shape index (κ1) is 20.6. The van der Waals surface area contributed by atoms with Crippen molar-refractivity contribution >= 4 is 63.1 Å². The van der Waals surface area contributed by atoms with Crippen molar-refractivity contribution in [1.29, 1.82) is 0 Å². The summed E-state index contributed by atoms with van der Waals surface area (Å²) in [7, 11) is -7.04. The molecule has 11 heteroatoms. The van der Waals surface area contributed by atoms with Gasteiger partial charge in [-0.3, -0.25) is 4.72 Å². The molecule has 1 aliphatic heterocycles. The Morgan fingerprint density at radius 1 is 1.00 bits per heavy atom. The minimum absolute atomic E-state index is 0.0957. The Hall–Kier alpha value is -1.14. The van der Waals surface area contributed by atoms with Crippen LogP contribution in [0.1, 0.15) is 0 Å². The Kier molecular flexibility index (Phi) is 5.88. The van der Waals surface area contributed by atoms with Crippen molar-refractivity contribution in [3.8, 4) is 0 Å². The monoisotopic (exact) mass is 538 g/mol. The smallest absolute Gasteiger partial charge is 0.263 e. The fourth-order valence-electron chi connectivity index (χ4n) is 2.71. The number of hydrogen-bond acceptors (Lipinski definition) is 6. The van der Waals surface area contributed by atoms with E-state index in [0.29, 0.717) is 20.3 Å². The van der Waals surface area contributed by atoms with Gasteiger partial charge in [0.05, 0.1) is 23.7 Å². The summed E-state index contributed by atoms with van der Waals surface area (Å²) in [6.07, 6.45) is -0.970. The van der Waals surface area contributed by atoms with Gasteiger partial charge in [0.25, 0.3) is 10.0 Å². The molecule has 1 aliphatic rings.